The van der Waals surface area contributed by atoms with Gasteiger partial charge in [-0.1, -0.05) is 30.3 Å². The van der Waals surface area contributed by atoms with Gasteiger partial charge in [0.2, 0.25) is 0 Å². The van der Waals surface area contributed by atoms with E-state index < -0.39 is 0 Å². The van der Waals surface area contributed by atoms with E-state index >= 15 is 0 Å². The number of benzene rings is 1. The van der Waals surface area contributed by atoms with Crippen LogP contribution in [0.5, 0.6) is 0 Å². The third-order valence-corrected chi connectivity index (χ3v) is 2.83. The Balaban J connectivity index is 0.00000169. The lowest BCUT2D eigenvalue weighted by Gasteiger charge is -2.34. The van der Waals surface area contributed by atoms with Crippen molar-refractivity contribution in [3.8, 4) is 0 Å². The van der Waals surface area contributed by atoms with Crippen LogP contribution in [-0.2, 0) is 6.54 Å². The maximum atomic E-state index is 2.28. The van der Waals surface area contributed by atoms with E-state index in [9.17, 15) is 0 Å². The maximum Gasteiger partial charge on any atom is 0.104 e. The first kappa shape index (κ1) is 13.5. The first-order valence-electron chi connectivity index (χ1n) is 4.89. The molecule has 0 N–H and O–H groups in total. The van der Waals surface area contributed by atoms with Crippen LogP contribution in [0.1, 0.15) is 19.4 Å². The lowest BCUT2D eigenvalue weighted by Crippen LogP contribution is -3.00. The molecule has 80 valence electrons. The van der Waals surface area contributed by atoms with Gasteiger partial charge in [-0.3, -0.25) is 0 Å². The van der Waals surface area contributed by atoms with Gasteiger partial charge in [0.1, 0.15) is 6.54 Å². The van der Waals surface area contributed by atoms with Gasteiger partial charge in [-0.2, -0.15) is 0 Å². The Morgan fingerprint density at radius 3 is 2.00 bits per heavy atom. The predicted octanol–water partition coefficient (Wildman–Crippen LogP) is -0.325. The first-order valence-corrected chi connectivity index (χ1v) is 4.89. The summed E-state index contributed by atoms with van der Waals surface area (Å²) in [6, 6.07) is 11.3. The minimum absolute atomic E-state index is 0. The Labute approximate surface area is 93.7 Å². The topological polar surface area (TPSA) is 0 Å². The molecule has 0 bridgehead atoms. The number of quaternary nitrogens is 1. The molecule has 0 aliphatic rings. The molecule has 1 aromatic rings. The van der Waals surface area contributed by atoms with Crippen LogP contribution >= 0.6 is 0 Å². The van der Waals surface area contributed by atoms with Crippen LogP contribution in [-0.4, -0.2) is 24.6 Å². The molecule has 1 nitrogen and oxygen atoms in total. The molecule has 0 fully saturated rings. The van der Waals surface area contributed by atoms with Crippen LogP contribution in [0, 0.1) is 0 Å². The van der Waals surface area contributed by atoms with Gasteiger partial charge < -0.3 is 16.9 Å². The quantitative estimate of drug-likeness (QED) is 0.604. The van der Waals surface area contributed by atoms with E-state index in [2.05, 4.69) is 58.3 Å². The second-order valence-electron chi connectivity index (χ2n) is 4.52. The highest BCUT2D eigenvalue weighted by Crippen LogP contribution is 2.12. The molecule has 0 spiro atoms. The Kier molecular flexibility index (Phi) is 5.17. The highest BCUT2D eigenvalue weighted by Gasteiger charge is 2.19. The van der Waals surface area contributed by atoms with Crippen molar-refractivity contribution in [2.45, 2.75) is 26.4 Å². The molecule has 14 heavy (non-hydrogen) atoms. The number of rotatable bonds is 3. The Morgan fingerprint density at radius 2 is 1.57 bits per heavy atom. The smallest absolute Gasteiger partial charge is 0.104 e. The highest BCUT2D eigenvalue weighted by molar-refractivity contribution is 5.13. The number of nitrogens with zero attached hydrogens (tertiary/aromatic N) is 1. The highest BCUT2D eigenvalue weighted by atomic mass is 35.5. The van der Waals surface area contributed by atoms with Crippen LogP contribution < -0.4 is 12.4 Å². The van der Waals surface area contributed by atoms with Gasteiger partial charge in [0.25, 0.3) is 0 Å². The summed E-state index contributed by atoms with van der Waals surface area (Å²) in [6.07, 6.45) is 0. The van der Waals surface area contributed by atoms with Gasteiger partial charge >= 0.3 is 0 Å². The minimum Gasteiger partial charge on any atom is -1.00 e. The van der Waals surface area contributed by atoms with Crippen LogP contribution in [0.15, 0.2) is 30.3 Å². The molecule has 0 saturated heterocycles. The fourth-order valence-corrected chi connectivity index (χ4v) is 1.24. The molecule has 1 rings (SSSR count). The largest absolute Gasteiger partial charge is 1.00 e. The molecule has 0 aromatic heterocycles. The van der Waals surface area contributed by atoms with Crippen molar-refractivity contribution in [3.63, 3.8) is 0 Å². The third kappa shape index (κ3) is 3.69. The lowest BCUT2D eigenvalue weighted by molar-refractivity contribution is -0.924. The summed E-state index contributed by atoms with van der Waals surface area (Å²) in [7, 11) is 4.55. The number of halogens is 1. The molecule has 0 amide bonds. The summed E-state index contributed by atoms with van der Waals surface area (Å²) in [5.74, 6) is 0. The zero-order valence-corrected chi connectivity index (χ0v) is 10.3. The molecule has 0 radical (unpaired) electrons. The second kappa shape index (κ2) is 5.38. The van der Waals surface area contributed by atoms with Crippen molar-refractivity contribution in [1.29, 1.82) is 0 Å². The van der Waals surface area contributed by atoms with Crippen molar-refractivity contribution in [3.05, 3.63) is 35.9 Å². The molecular formula is C12H20ClN. The van der Waals surface area contributed by atoms with E-state index in [0.717, 1.165) is 11.0 Å². The molecule has 0 heterocycles. The predicted molar refractivity (Wildman–Crippen MR) is 57.4 cm³/mol. The van der Waals surface area contributed by atoms with Gasteiger partial charge in [-0.05, 0) is 13.8 Å². The van der Waals surface area contributed by atoms with Gasteiger partial charge in [-0.25, -0.2) is 0 Å². The molecule has 0 atom stereocenters. The van der Waals surface area contributed by atoms with Crippen molar-refractivity contribution < 1.29 is 16.9 Å². The summed E-state index contributed by atoms with van der Waals surface area (Å²) in [5, 5.41) is 0. The second-order valence-corrected chi connectivity index (χ2v) is 4.52. The van der Waals surface area contributed by atoms with E-state index in [1.54, 1.807) is 0 Å². The van der Waals surface area contributed by atoms with Gasteiger partial charge in [0, 0.05) is 5.56 Å². The molecule has 0 aliphatic carbocycles. The monoisotopic (exact) mass is 213 g/mol. The van der Waals surface area contributed by atoms with Gasteiger partial charge in [-0.15, -0.1) is 0 Å². The molecule has 0 aliphatic heterocycles. The zero-order chi connectivity index (χ0) is 9.90. The van der Waals surface area contributed by atoms with E-state index in [-0.39, 0.29) is 12.4 Å². The normalized spacial score (nSPS) is 11.2. The average molecular weight is 214 g/mol. The van der Waals surface area contributed by atoms with Crippen LogP contribution in [0.2, 0.25) is 0 Å². The molecule has 2 heteroatoms. The standard InChI is InChI=1S/C12H20N.ClH/c1-11(2)13(3,4)10-12-8-6-5-7-9-12;/h5-9,11H,10H2,1-4H3;1H/q+1;/p-1. The lowest BCUT2D eigenvalue weighted by atomic mass is 10.1. The fraction of sp³-hybridized carbons (Fsp3) is 0.500. The van der Waals surface area contributed by atoms with Crippen molar-refractivity contribution in [2.24, 2.45) is 0 Å². The fourth-order valence-electron chi connectivity index (χ4n) is 1.24. The maximum absolute atomic E-state index is 2.28. The molecular weight excluding hydrogens is 194 g/mol. The minimum atomic E-state index is 0. The Hall–Kier alpha value is -0.530. The summed E-state index contributed by atoms with van der Waals surface area (Å²) >= 11 is 0. The van der Waals surface area contributed by atoms with Crippen molar-refractivity contribution in [2.75, 3.05) is 14.1 Å². The number of hydrogen-bond acceptors (Lipinski definition) is 0. The van der Waals surface area contributed by atoms with Crippen LogP contribution in [0.3, 0.4) is 0 Å². The number of hydrogen-bond donors (Lipinski definition) is 0. The van der Waals surface area contributed by atoms with Gasteiger partial charge in [0.05, 0.1) is 20.1 Å². The van der Waals surface area contributed by atoms with Crippen LogP contribution in [0.4, 0.5) is 0 Å². The first-order chi connectivity index (χ1) is 6.02. The van der Waals surface area contributed by atoms with Crippen molar-refractivity contribution in [1.82, 2.24) is 0 Å². The van der Waals surface area contributed by atoms with Crippen molar-refractivity contribution >= 4 is 0 Å². The average Bonchev–Trinajstić information content (AvgIpc) is 2.05. The van der Waals surface area contributed by atoms with E-state index in [0.29, 0.717) is 6.04 Å². The zero-order valence-electron chi connectivity index (χ0n) is 9.50. The van der Waals surface area contributed by atoms with E-state index in [1.807, 2.05) is 0 Å². The van der Waals surface area contributed by atoms with E-state index in [1.165, 1.54) is 5.56 Å². The van der Waals surface area contributed by atoms with Gasteiger partial charge in [0.15, 0.2) is 0 Å². The summed E-state index contributed by atoms with van der Waals surface area (Å²) in [6.45, 7) is 5.64. The van der Waals surface area contributed by atoms with Crippen LogP contribution in [0.25, 0.3) is 0 Å². The molecule has 0 saturated carbocycles. The SMILES string of the molecule is CC(C)[N+](C)(C)Cc1ccccc1.[Cl-]. The Bertz CT molecular complexity index is 254. The summed E-state index contributed by atoms with van der Waals surface area (Å²) in [5.41, 5.74) is 1.42. The molecule has 0 unspecified atom stereocenters. The summed E-state index contributed by atoms with van der Waals surface area (Å²) < 4.78 is 1.05. The third-order valence-electron chi connectivity index (χ3n) is 2.83. The molecule has 1 aromatic carbocycles. The summed E-state index contributed by atoms with van der Waals surface area (Å²) in [4.78, 5) is 0. The van der Waals surface area contributed by atoms with E-state index in [4.69, 9.17) is 0 Å². The Morgan fingerprint density at radius 1 is 1.07 bits per heavy atom.